The van der Waals surface area contributed by atoms with Gasteiger partial charge in [-0.05, 0) is 62.2 Å². The molecule has 0 spiro atoms. The van der Waals surface area contributed by atoms with E-state index in [1.54, 1.807) is 12.1 Å². The van der Waals surface area contributed by atoms with Crippen LogP contribution in [0.1, 0.15) is 23.4 Å². The van der Waals surface area contributed by atoms with Crippen molar-refractivity contribution in [2.45, 2.75) is 26.7 Å². The summed E-state index contributed by atoms with van der Waals surface area (Å²) < 4.78 is 20.4. The Balaban J connectivity index is 1.18. The van der Waals surface area contributed by atoms with E-state index in [0.29, 0.717) is 45.0 Å². The molecule has 2 saturated heterocycles. The summed E-state index contributed by atoms with van der Waals surface area (Å²) in [5, 5.41) is 13.5. The van der Waals surface area contributed by atoms with E-state index >= 15 is 0 Å². The molecule has 0 aliphatic carbocycles. The van der Waals surface area contributed by atoms with Gasteiger partial charge in [0.25, 0.3) is 0 Å². The third-order valence-electron chi connectivity index (χ3n) is 7.04. The number of hydrogen-bond acceptors (Lipinski definition) is 7. The molecule has 36 heavy (non-hydrogen) atoms. The first kappa shape index (κ1) is 24.2. The summed E-state index contributed by atoms with van der Waals surface area (Å²) in [6.45, 7) is 9.83. The van der Waals surface area contributed by atoms with E-state index in [0.717, 1.165) is 54.6 Å². The van der Waals surface area contributed by atoms with Crippen molar-refractivity contribution in [3.05, 3.63) is 59.2 Å². The van der Waals surface area contributed by atoms with E-state index in [-0.39, 0.29) is 11.7 Å². The Hall–Kier alpha value is -3.53. The molecular formula is C26H32FN7O2. The van der Waals surface area contributed by atoms with Gasteiger partial charge >= 0.3 is 0 Å². The Bertz CT molecular complexity index is 1180. The maximum Gasteiger partial charge on any atom is 0.223 e. The van der Waals surface area contributed by atoms with Crippen LogP contribution in [0.25, 0.3) is 5.82 Å². The molecule has 0 N–H and O–H groups in total. The molecule has 4 heterocycles. The van der Waals surface area contributed by atoms with Gasteiger partial charge in [0.2, 0.25) is 5.91 Å². The topological polar surface area (TPSA) is 79.6 Å². The second-order valence-corrected chi connectivity index (χ2v) is 9.25. The van der Waals surface area contributed by atoms with Crippen LogP contribution in [0.15, 0.2) is 36.4 Å². The van der Waals surface area contributed by atoms with E-state index in [4.69, 9.17) is 4.74 Å². The minimum Gasteiger partial charge on any atom is -0.378 e. The third-order valence-corrected chi connectivity index (χ3v) is 7.04. The van der Waals surface area contributed by atoms with Crippen molar-refractivity contribution < 1.29 is 13.9 Å². The van der Waals surface area contributed by atoms with Crippen molar-refractivity contribution in [2.24, 2.45) is 0 Å². The monoisotopic (exact) mass is 493 g/mol. The predicted octanol–water partition coefficient (Wildman–Crippen LogP) is 2.54. The van der Waals surface area contributed by atoms with Crippen molar-refractivity contribution in [1.82, 2.24) is 24.9 Å². The van der Waals surface area contributed by atoms with Crippen LogP contribution in [0.4, 0.5) is 15.9 Å². The minimum atomic E-state index is -0.237. The Morgan fingerprint density at radius 2 is 1.56 bits per heavy atom. The van der Waals surface area contributed by atoms with Crippen LogP contribution in [0, 0.1) is 19.7 Å². The van der Waals surface area contributed by atoms with Crippen molar-refractivity contribution >= 4 is 17.4 Å². The number of ether oxygens (including phenoxy) is 1. The number of carbonyl (C=O) groups excluding carboxylic acids is 1. The lowest BCUT2D eigenvalue weighted by molar-refractivity contribution is -0.131. The second-order valence-electron chi connectivity index (χ2n) is 9.25. The summed E-state index contributed by atoms with van der Waals surface area (Å²) in [6.07, 6.45) is 1.07. The van der Waals surface area contributed by atoms with Gasteiger partial charge in [-0.3, -0.25) is 4.79 Å². The Morgan fingerprint density at radius 1 is 0.889 bits per heavy atom. The number of aromatic nitrogens is 4. The molecule has 9 nitrogen and oxygen atoms in total. The van der Waals surface area contributed by atoms with Crippen LogP contribution < -0.4 is 9.80 Å². The molecule has 0 unspecified atom stereocenters. The number of rotatable bonds is 6. The largest absolute Gasteiger partial charge is 0.378 e. The normalized spacial score (nSPS) is 16.5. The van der Waals surface area contributed by atoms with Crippen molar-refractivity contribution in [3.8, 4) is 5.82 Å². The summed E-state index contributed by atoms with van der Waals surface area (Å²) in [6, 6.07) is 10.4. The molecule has 0 atom stereocenters. The number of nitrogens with zero attached hydrogens (tertiary/aromatic N) is 7. The van der Waals surface area contributed by atoms with Gasteiger partial charge in [0.15, 0.2) is 11.6 Å². The molecule has 0 radical (unpaired) electrons. The number of benzene rings is 1. The molecule has 0 bridgehead atoms. The summed E-state index contributed by atoms with van der Waals surface area (Å²) in [5.74, 6) is 1.42. The summed E-state index contributed by atoms with van der Waals surface area (Å²) >= 11 is 0. The van der Waals surface area contributed by atoms with Crippen LogP contribution in [0.2, 0.25) is 0 Å². The van der Waals surface area contributed by atoms with E-state index < -0.39 is 0 Å². The third kappa shape index (κ3) is 5.18. The van der Waals surface area contributed by atoms with Gasteiger partial charge in [-0.25, -0.2) is 9.07 Å². The fourth-order valence-electron chi connectivity index (χ4n) is 4.91. The molecule has 1 aromatic carbocycles. The van der Waals surface area contributed by atoms with Crippen LogP contribution in [0.5, 0.6) is 0 Å². The summed E-state index contributed by atoms with van der Waals surface area (Å²) in [7, 11) is 0. The number of piperazine rings is 1. The van der Waals surface area contributed by atoms with Gasteiger partial charge in [-0.2, -0.15) is 5.10 Å². The van der Waals surface area contributed by atoms with Gasteiger partial charge < -0.3 is 19.4 Å². The second kappa shape index (κ2) is 10.6. The minimum absolute atomic E-state index is 0.148. The van der Waals surface area contributed by atoms with Gasteiger partial charge in [0, 0.05) is 57.1 Å². The van der Waals surface area contributed by atoms with Crippen LogP contribution in [0.3, 0.4) is 0 Å². The highest BCUT2D eigenvalue weighted by atomic mass is 19.1. The standard InChI is InChI=1S/C26H32FN7O2/c1-19-23(7-10-26(35)33-13-11-31(12-14-33)22-5-3-21(27)4-6-22)20(2)34(30-19)25-9-8-24(28-29-25)32-15-17-36-18-16-32/h3-6,8-9H,7,10-18H2,1-2H3. The molecule has 2 aromatic heterocycles. The molecule has 5 rings (SSSR count). The van der Waals surface area contributed by atoms with E-state index in [1.165, 1.54) is 12.1 Å². The molecule has 0 saturated carbocycles. The highest BCUT2D eigenvalue weighted by Gasteiger charge is 2.23. The molecule has 2 fully saturated rings. The zero-order valence-electron chi connectivity index (χ0n) is 20.9. The van der Waals surface area contributed by atoms with Crippen LogP contribution in [-0.2, 0) is 16.0 Å². The maximum atomic E-state index is 13.2. The molecule has 2 aliphatic rings. The molecule has 190 valence electrons. The van der Waals surface area contributed by atoms with Gasteiger partial charge in [-0.15, -0.1) is 10.2 Å². The molecule has 10 heteroatoms. The average Bonchev–Trinajstić information content (AvgIpc) is 3.21. The van der Waals surface area contributed by atoms with E-state index in [2.05, 4.69) is 25.1 Å². The first-order chi connectivity index (χ1) is 17.5. The van der Waals surface area contributed by atoms with Gasteiger partial charge in [-0.1, -0.05) is 0 Å². The van der Waals surface area contributed by atoms with Crippen molar-refractivity contribution in [1.29, 1.82) is 0 Å². The number of amides is 1. The average molecular weight is 494 g/mol. The number of carbonyl (C=O) groups is 1. The fourth-order valence-corrected chi connectivity index (χ4v) is 4.91. The zero-order chi connectivity index (χ0) is 25.1. The van der Waals surface area contributed by atoms with Crippen LogP contribution in [-0.4, -0.2) is 83.3 Å². The maximum absolute atomic E-state index is 13.2. The number of hydrogen-bond donors (Lipinski definition) is 0. The molecule has 2 aliphatic heterocycles. The fraction of sp³-hybridized carbons (Fsp3) is 0.462. The van der Waals surface area contributed by atoms with Gasteiger partial charge in [0.1, 0.15) is 5.82 Å². The molecule has 1 amide bonds. The first-order valence-corrected chi connectivity index (χ1v) is 12.5. The SMILES string of the molecule is Cc1nn(-c2ccc(N3CCOCC3)nn2)c(C)c1CCC(=O)N1CCN(c2ccc(F)cc2)CC1. The Labute approximate surface area is 210 Å². The highest BCUT2D eigenvalue weighted by molar-refractivity contribution is 5.77. The smallest absolute Gasteiger partial charge is 0.223 e. The van der Waals surface area contributed by atoms with Crippen molar-refractivity contribution in [3.63, 3.8) is 0 Å². The van der Waals surface area contributed by atoms with Crippen LogP contribution >= 0.6 is 0 Å². The summed E-state index contributed by atoms with van der Waals surface area (Å²) in [5.41, 5.74) is 3.95. The number of halogens is 1. The Morgan fingerprint density at radius 3 is 2.22 bits per heavy atom. The lowest BCUT2D eigenvalue weighted by Crippen LogP contribution is -2.48. The quantitative estimate of drug-likeness (QED) is 0.522. The number of anilines is 2. The Kier molecular flexibility index (Phi) is 7.13. The molecular weight excluding hydrogens is 461 g/mol. The summed E-state index contributed by atoms with van der Waals surface area (Å²) in [4.78, 5) is 19.2. The number of morpholine rings is 1. The van der Waals surface area contributed by atoms with E-state index in [1.807, 2.05) is 35.6 Å². The first-order valence-electron chi connectivity index (χ1n) is 12.5. The van der Waals surface area contributed by atoms with Crippen molar-refractivity contribution in [2.75, 3.05) is 62.3 Å². The lowest BCUT2D eigenvalue weighted by atomic mass is 10.1. The van der Waals surface area contributed by atoms with Gasteiger partial charge in [0.05, 0.1) is 18.9 Å². The predicted molar refractivity (Wildman–Crippen MR) is 135 cm³/mol. The highest BCUT2D eigenvalue weighted by Crippen LogP contribution is 2.21. The number of aryl methyl sites for hydroxylation is 1. The zero-order valence-corrected chi connectivity index (χ0v) is 20.9. The van der Waals surface area contributed by atoms with E-state index in [9.17, 15) is 9.18 Å². The molecule has 3 aromatic rings. The lowest BCUT2D eigenvalue weighted by Gasteiger charge is -2.36.